The Hall–Kier alpha value is -1.71. The predicted octanol–water partition coefficient (Wildman–Crippen LogP) is 2.50. The maximum atomic E-state index is 12.7. The fraction of sp³-hybridized carbons (Fsp3) is 0.588. The second-order valence-corrected chi connectivity index (χ2v) is 6.64. The summed E-state index contributed by atoms with van der Waals surface area (Å²) in [7, 11) is 0. The third-order valence-electron chi connectivity index (χ3n) is 5.05. The highest BCUT2D eigenvalue weighted by Crippen LogP contribution is 2.39. The van der Waals surface area contributed by atoms with Crippen LogP contribution in [0.15, 0.2) is 24.3 Å². The zero-order valence-corrected chi connectivity index (χ0v) is 12.8. The van der Waals surface area contributed by atoms with E-state index in [1.54, 1.807) is 0 Å². The number of nitrogens with two attached hydrogens (primary N) is 1. The minimum atomic E-state index is -0.0939. The molecule has 2 fully saturated rings. The summed E-state index contributed by atoms with van der Waals surface area (Å²) in [5.74, 6) is 0.372. The van der Waals surface area contributed by atoms with Gasteiger partial charge < -0.3 is 15.5 Å². The van der Waals surface area contributed by atoms with Gasteiger partial charge in [0.05, 0.1) is 0 Å². The van der Waals surface area contributed by atoms with Gasteiger partial charge in [-0.25, -0.2) is 0 Å². The summed E-state index contributed by atoms with van der Waals surface area (Å²) in [5, 5.41) is 0. The van der Waals surface area contributed by atoms with Gasteiger partial charge in [0.2, 0.25) is 5.91 Å². The zero-order valence-electron chi connectivity index (χ0n) is 12.8. The molecule has 0 atom stereocenters. The van der Waals surface area contributed by atoms with Crippen LogP contribution in [-0.4, -0.2) is 37.0 Å². The van der Waals surface area contributed by atoms with Crippen molar-refractivity contribution in [2.24, 2.45) is 5.41 Å². The number of nitrogens with zero attached hydrogens (tertiary/aromatic N) is 2. The van der Waals surface area contributed by atoms with Crippen molar-refractivity contribution in [3.05, 3.63) is 24.3 Å². The first kappa shape index (κ1) is 14.2. The fourth-order valence-corrected chi connectivity index (χ4v) is 3.60. The smallest absolute Gasteiger partial charge is 0.228 e. The molecule has 1 aliphatic carbocycles. The lowest BCUT2D eigenvalue weighted by Crippen LogP contribution is -2.52. The van der Waals surface area contributed by atoms with E-state index >= 15 is 0 Å². The molecule has 0 aromatic heterocycles. The maximum absolute atomic E-state index is 12.7. The van der Waals surface area contributed by atoms with Crippen LogP contribution in [0.1, 0.15) is 32.6 Å². The van der Waals surface area contributed by atoms with Crippen LogP contribution in [0, 0.1) is 5.41 Å². The highest BCUT2D eigenvalue weighted by molar-refractivity contribution is 5.83. The molecule has 0 spiro atoms. The molecule has 1 amide bonds. The summed E-state index contributed by atoms with van der Waals surface area (Å²) in [6.07, 6.45) is 4.52. The first-order chi connectivity index (χ1) is 10.1. The molecule has 1 saturated carbocycles. The van der Waals surface area contributed by atoms with Gasteiger partial charge in [-0.2, -0.15) is 0 Å². The van der Waals surface area contributed by atoms with Crippen molar-refractivity contribution in [3.8, 4) is 0 Å². The van der Waals surface area contributed by atoms with E-state index in [1.165, 1.54) is 18.5 Å². The maximum Gasteiger partial charge on any atom is 0.228 e. The van der Waals surface area contributed by atoms with E-state index < -0.39 is 0 Å². The molecule has 1 aromatic carbocycles. The first-order valence-corrected chi connectivity index (χ1v) is 7.98. The Morgan fingerprint density at radius 1 is 1.05 bits per heavy atom. The van der Waals surface area contributed by atoms with Crippen LogP contribution in [0.4, 0.5) is 11.4 Å². The molecular weight excluding hydrogens is 262 g/mol. The van der Waals surface area contributed by atoms with Crippen LogP contribution in [-0.2, 0) is 4.79 Å². The monoisotopic (exact) mass is 287 g/mol. The van der Waals surface area contributed by atoms with Crippen molar-refractivity contribution in [2.45, 2.75) is 32.6 Å². The summed E-state index contributed by atoms with van der Waals surface area (Å²) < 4.78 is 0. The van der Waals surface area contributed by atoms with Crippen LogP contribution >= 0.6 is 0 Å². The van der Waals surface area contributed by atoms with E-state index in [-0.39, 0.29) is 5.41 Å². The molecule has 0 unspecified atom stereocenters. The number of hydrogen-bond donors (Lipinski definition) is 1. The summed E-state index contributed by atoms with van der Waals surface area (Å²) in [6.45, 7) is 5.63. The van der Waals surface area contributed by atoms with E-state index in [1.807, 2.05) is 12.1 Å². The van der Waals surface area contributed by atoms with Crippen LogP contribution in [0.25, 0.3) is 0 Å². The number of carbonyl (C=O) groups is 1. The lowest BCUT2D eigenvalue weighted by atomic mass is 9.87. The molecule has 0 bridgehead atoms. The number of nitrogen functional groups attached to an aromatic ring is 1. The molecule has 0 radical (unpaired) electrons. The molecule has 2 aliphatic rings. The minimum Gasteiger partial charge on any atom is -0.399 e. The van der Waals surface area contributed by atoms with Crippen molar-refractivity contribution >= 4 is 17.3 Å². The average molecular weight is 287 g/mol. The third kappa shape index (κ3) is 2.85. The molecule has 1 aliphatic heterocycles. The van der Waals surface area contributed by atoms with Crippen LogP contribution in [0.5, 0.6) is 0 Å². The topological polar surface area (TPSA) is 49.6 Å². The molecule has 1 aromatic rings. The second-order valence-electron chi connectivity index (χ2n) is 6.64. The van der Waals surface area contributed by atoms with E-state index in [0.717, 1.165) is 44.7 Å². The van der Waals surface area contributed by atoms with Gasteiger partial charge in [0.15, 0.2) is 0 Å². The van der Waals surface area contributed by atoms with Gasteiger partial charge in [0, 0.05) is 43.0 Å². The minimum absolute atomic E-state index is 0.0939. The second kappa shape index (κ2) is 5.58. The number of carbonyl (C=O) groups excluding carboxylic acids is 1. The standard InChI is InChI=1S/C17H25N3O/c1-17(8-2-3-9-17)16(21)20-12-10-19(11-13-20)15-6-4-14(18)5-7-15/h4-7H,2-3,8-13,18H2,1H3. The molecule has 1 heterocycles. The predicted molar refractivity (Wildman–Crippen MR) is 86.2 cm³/mol. The van der Waals surface area contributed by atoms with E-state index in [4.69, 9.17) is 5.73 Å². The number of anilines is 2. The highest BCUT2D eigenvalue weighted by Gasteiger charge is 2.39. The van der Waals surface area contributed by atoms with Crippen molar-refractivity contribution in [3.63, 3.8) is 0 Å². The van der Waals surface area contributed by atoms with Gasteiger partial charge >= 0.3 is 0 Å². The number of benzene rings is 1. The molecule has 21 heavy (non-hydrogen) atoms. The lowest BCUT2D eigenvalue weighted by Gasteiger charge is -2.39. The Morgan fingerprint density at radius 2 is 1.62 bits per heavy atom. The average Bonchev–Trinajstić information content (AvgIpc) is 2.96. The number of piperazine rings is 1. The van der Waals surface area contributed by atoms with Gasteiger partial charge in [0.25, 0.3) is 0 Å². The zero-order chi connectivity index (χ0) is 14.9. The van der Waals surface area contributed by atoms with Gasteiger partial charge in [-0.15, -0.1) is 0 Å². The van der Waals surface area contributed by atoms with E-state index in [0.29, 0.717) is 5.91 Å². The van der Waals surface area contributed by atoms with Crippen LogP contribution < -0.4 is 10.6 Å². The molecule has 1 saturated heterocycles. The van der Waals surface area contributed by atoms with Gasteiger partial charge in [-0.05, 0) is 37.1 Å². The normalized spacial score (nSPS) is 21.6. The molecule has 4 nitrogen and oxygen atoms in total. The number of rotatable bonds is 2. The largest absolute Gasteiger partial charge is 0.399 e. The van der Waals surface area contributed by atoms with Gasteiger partial charge in [-0.3, -0.25) is 4.79 Å². The van der Waals surface area contributed by atoms with Crippen molar-refractivity contribution < 1.29 is 4.79 Å². The third-order valence-corrected chi connectivity index (χ3v) is 5.05. The first-order valence-electron chi connectivity index (χ1n) is 7.98. The summed E-state index contributed by atoms with van der Waals surface area (Å²) in [6, 6.07) is 8.00. The van der Waals surface area contributed by atoms with E-state index in [9.17, 15) is 4.79 Å². The summed E-state index contributed by atoms with van der Waals surface area (Å²) in [4.78, 5) is 17.1. The molecule has 114 valence electrons. The summed E-state index contributed by atoms with van der Waals surface area (Å²) >= 11 is 0. The van der Waals surface area contributed by atoms with Crippen LogP contribution in [0.3, 0.4) is 0 Å². The molecule has 4 heteroatoms. The van der Waals surface area contributed by atoms with Crippen LogP contribution in [0.2, 0.25) is 0 Å². The Kier molecular flexibility index (Phi) is 3.79. The lowest BCUT2D eigenvalue weighted by molar-refractivity contribution is -0.141. The quantitative estimate of drug-likeness (QED) is 0.850. The number of hydrogen-bond acceptors (Lipinski definition) is 3. The fourth-order valence-electron chi connectivity index (χ4n) is 3.60. The van der Waals surface area contributed by atoms with Gasteiger partial charge in [-0.1, -0.05) is 19.8 Å². The van der Waals surface area contributed by atoms with Crippen molar-refractivity contribution in [2.75, 3.05) is 36.8 Å². The van der Waals surface area contributed by atoms with Crippen molar-refractivity contribution in [1.29, 1.82) is 0 Å². The number of amides is 1. The highest BCUT2D eigenvalue weighted by atomic mass is 16.2. The van der Waals surface area contributed by atoms with Gasteiger partial charge in [0.1, 0.15) is 0 Å². The summed E-state index contributed by atoms with van der Waals surface area (Å²) in [5.41, 5.74) is 7.63. The Morgan fingerprint density at radius 3 is 2.19 bits per heavy atom. The molecule has 2 N–H and O–H groups in total. The SMILES string of the molecule is CC1(C(=O)N2CCN(c3ccc(N)cc3)CC2)CCCC1. The molecular formula is C17H25N3O. The van der Waals surface area contributed by atoms with E-state index in [2.05, 4.69) is 28.9 Å². The van der Waals surface area contributed by atoms with Crippen molar-refractivity contribution in [1.82, 2.24) is 4.90 Å². The molecule has 3 rings (SSSR count). The Labute approximate surface area is 126 Å². The Bertz CT molecular complexity index is 497. The Balaban J connectivity index is 1.60.